The summed E-state index contributed by atoms with van der Waals surface area (Å²) in [5.41, 5.74) is 6.38. The van der Waals surface area contributed by atoms with E-state index < -0.39 is 27.9 Å². The highest BCUT2D eigenvalue weighted by molar-refractivity contribution is 7.86. The van der Waals surface area contributed by atoms with E-state index in [9.17, 15) is 17.6 Å². The van der Waals surface area contributed by atoms with E-state index in [0.717, 1.165) is 11.6 Å². The van der Waals surface area contributed by atoms with E-state index in [1.165, 1.54) is 24.3 Å². The van der Waals surface area contributed by atoms with E-state index in [1.807, 2.05) is 6.92 Å². The minimum absolute atomic E-state index is 0.0390. The number of hydrogen-bond donors (Lipinski definition) is 2. The number of anilines is 2. The Morgan fingerprint density at radius 2 is 1.88 bits per heavy atom. The van der Waals surface area contributed by atoms with E-state index in [0.29, 0.717) is 0 Å². The monoisotopic (exact) mass is 366 g/mol. The van der Waals surface area contributed by atoms with Crippen LogP contribution in [0, 0.1) is 12.7 Å². The Morgan fingerprint density at radius 3 is 2.44 bits per heavy atom. The standard InChI is InChI=1S/C17H19FN2O4S/c1-3-16(17(21)20-12-6-9-15(19)14(18)10-12)24-25(22,23)13-7-4-11(2)5-8-13/h4-10,16H,3,19H2,1-2H3,(H,20,21)/t16-/m1/s1. The van der Waals surface area contributed by atoms with E-state index in [4.69, 9.17) is 9.92 Å². The number of benzene rings is 2. The normalized spacial score (nSPS) is 12.6. The molecule has 8 heteroatoms. The number of hydrogen-bond acceptors (Lipinski definition) is 5. The zero-order valence-electron chi connectivity index (χ0n) is 13.8. The van der Waals surface area contributed by atoms with Crippen molar-refractivity contribution in [2.75, 3.05) is 11.1 Å². The highest BCUT2D eigenvalue weighted by atomic mass is 32.2. The molecule has 0 saturated carbocycles. The van der Waals surface area contributed by atoms with Gasteiger partial charge in [0.25, 0.3) is 16.0 Å². The summed E-state index contributed by atoms with van der Waals surface area (Å²) in [5.74, 6) is -1.37. The van der Waals surface area contributed by atoms with Crippen LogP contribution in [0.4, 0.5) is 15.8 Å². The van der Waals surface area contributed by atoms with Crippen LogP contribution in [0.25, 0.3) is 0 Å². The van der Waals surface area contributed by atoms with Crippen molar-refractivity contribution in [3.8, 4) is 0 Å². The van der Waals surface area contributed by atoms with Crippen LogP contribution in [0.2, 0.25) is 0 Å². The second-order valence-electron chi connectivity index (χ2n) is 5.49. The molecular formula is C17H19FN2O4S. The number of nitrogen functional groups attached to an aromatic ring is 1. The van der Waals surface area contributed by atoms with Crippen molar-refractivity contribution in [2.24, 2.45) is 0 Å². The second-order valence-corrected chi connectivity index (χ2v) is 7.06. The molecule has 2 aromatic carbocycles. The quantitative estimate of drug-likeness (QED) is 0.605. The Morgan fingerprint density at radius 1 is 1.24 bits per heavy atom. The summed E-state index contributed by atoms with van der Waals surface area (Å²) >= 11 is 0. The summed E-state index contributed by atoms with van der Waals surface area (Å²) in [7, 11) is -4.10. The van der Waals surface area contributed by atoms with Crippen LogP contribution < -0.4 is 11.1 Å². The highest BCUT2D eigenvalue weighted by Crippen LogP contribution is 2.19. The fraction of sp³-hybridized carbons (Fsp3) is 0.235. The van der Waals surface area contributed by atoms with Crippen molar-refractivity contribution in [1.82, 2.24) is 0 Å². The molecular weight excluding hydrogens is 347 g/mol. The molecule has 0 saturated heterocycles. The smallest absolute Gasteiger partial charge is 0.297 e. The van der Waals surface area contributed by atoms with Gasteiger partial charge < -0.3 is 11.1 Å². The van der Waals surface area contributed by atoms with E-state index in [-0.39, 0.29) is 22.7 Å². The lowest BCUT2D eigenvalue weighted by molar-refractivity contribution is -0.122. The third-order valence-electron chi connectivity index (χ3n) is 3.48. The predicted molar refractivity (Wildman–Crippen MR) is 93.0 cm³/mol. The Balaban J connectivity index is 2.13. The van der Waals surface area contributed by atoms with Gasteiger partial charge in [-0.15, -0.1) is 0 Å². The van der Waals surface area contributed by atoms with Crippen LogP contribution in [-0.2, 0) is 19.1 Å². The lowest BCUT2D eigenvalue weighted by Crippen LogP contribution is -2.32. The van der Waals surface area contributed by atoms with Crippen LogP contribution >= 0.6 is 0 Å². The van der Waals surface area contributed by atoms with Crippen LogP contribution in [0.15, 0.2) is 47.4 Å². The van der Waals surface area contributed by atoms with Gasteiger partial charge in [-0.05, 0) is 43.7 Å². The number of carbonyl (C=O) groups is 1. The molecule has 3 N–H and O–H groups in total. The molecule has 1 amide bonds. The highest BCUT2D eigenvalue weighted by Gasteiger charge is 2.26. The SMILES string of the molecule is CC[C@@H](OS(=O)(=O)c1ccc(C)cc1)C(=O)Nc1ccc(N)c(F)c1. The molecule has 1 atom stereocenters. The molecule has 0 heterocycles. The fourth-order valence-corrected chi connectivity index (χ4v) is 3.15. The number of halogens is 1. The van der Waals surface area contributed by atoms with Gasteiger partial charge in [-0.25, -0.2) is 4.39 Å². The van der Waals surface area contributed by atoms with Crippen molar-refractivity contribution in [2.45, 2.75) is 31.3 Å². The summed E-state index contributed by atoms with van der Waals surface area (Å²) < 4.78 is 43.1. The number of carbonyl (C=O) groups excluding carboxylic acids is 1. The molecule has 0 unspecified atom stereocenters. The predicted octanol–water partition coefficient (Wildman–Crippen LogP) is 2.84. The first kappa shape index (κ1) is 18.9. The van der Waals surface area contributed by atoms with Gasteiger partial charge in [0.2, 0.25) is 0 Å². The van der Waals surface area contributed by atoms with Crippen molar-refractivity contribution in [3.05, 3.63) is 53.8 Å². The van der Waals surface area contributed by atoms with Gasteiger partial charge >= 0.3 is 0 Å². The third-order valence-corrected chi connectivity index (χ3v) is 4.82. The molecule has 0 aliphatic carbocycles. The van der Waals surface area contributed by atoms with Crippen LogP contribution in [0.5, 0.6) is 0 Å². The van der Waals surface area contributed by atoms with Gasteiger partial charge in [0, 0.05) is 5.69 Å². The number of nitrogens with two attached hydrogens (primary N) is 1. The van der Waals surface area contributed by atoms with Gasteiger partial charge in [0.05, 0.1) is 10.6 Å². The van der Waals surface area contributed by atoms with E-state index in [2.05, 4.69) is 5.32 Å². The second kappa shape index (κ2) is 7.62. The van der Waals surface area contributed by atoms with Crippen LogP contribution in [-0.4, -0.2) is 20.4 Å². The zero-order valence-corrected chi connectivity index (χ0v) is 14.6. The first-order valence-electron chi connectivity index (χ1n) is 7.59. The van der Waals surface area contributed by atoms with Gasteiger partial charge in [-0.3, -0.25) is 8.98 Å². The maximum absolute atomic E-state index is 13.4. The average molecular weight is 366 g/mol. The molecule has 2 aromatic rings. The first-order valence-corrected chi connectivity index (χ1v) is 8.99. The van der Waals surface area contributed by atoms with Crippen LogP contribution in [0.3, 0.4) is 0 Å². The number of nitrogens with one attached hydrogen (secondary N) is 1. The number of rotatable bonds is 6. The van der Waals surface area contributed by atoms with Crippen molar-refractivity contribution >= 4 is 27.4 Å². The molecule has 2 rings (SSSR count). The van der Waals surface area contributed by atoms with Gasteiger partial charge in [0.1, 0.15) is 5.82 Å². The molecule has 25 heavy (non-hydrogen) atoms. The van der Waals surface area contributed by atoms with Gasteiger partial charge in [-0.1, -0.05) is 24.6 Å². The molecule has 0 aliphatic rings. The number of amides is 1. The summed E-state index contributed by atoms with van der Waals surface area (Å²) in [4.78, 5) is 12.2. The Kier molecular flexibility index (Phi) is 5.76. The zero-order chi connectivity index (χ0) is 18.6. The summed E-state index contributed by atoms with van der Waals surface area (Å²) in [6.07, 6.45) is -1.12. The lowest BCUT2D eigenvalue weighted by Gasteiger charge is -2.16. The maximum atomic E-state index is 13.4. The fourth-order valence-electron chi connectivity index (χ4n) is 2.04. The summed E-state index contributed by atoms with van der Waals surface area (Å²) in [6.45, 7) is 3.43. The molecule has 0 aliphatic heterocycles. The Labute approximate surface area is 145 Å². The molecule has 0 spiro atoms. The maximum Gasteiger partial charge on any atom is 0.297 e. The Bertz CT molecular complexity index is 867. The number of aryl methyl sites for hydroxylation is 1. The summed E-state index contributed by atoms with van der Waals surface area (Å²) in [5, 5.41) is 2.42. The Hall–Kier alpha value is -2.45. The third kappa shape index (κ3) is 4.77. The molecule has 0 aromatic heterocycles. The molecule has 0 fully saturated rings. The lowest BCUT2D eigenvalue weighted by atomic mass is 10.2. The van der Waals surface area contributed by atoms with E-state index in [1.54, 1.807) is 19.1 Å². The largest absolute Gasteiger partial charge is 0.396 e. The average Bonchev–Trinajstić information content (AvgIpc) is 2.56. The van der Waals surface area contributed by atoms with Gasteiger partial charge in [-0.2, -0.15) is 8.42 Å². The molecule has 0 bridgehead atoms. The summed E-state index contributed by atoms with van der Waals surface area (Å²) in [6, 6.07) is 9.85. The first-order chi connectivity index (χ1) is 11.7. The molecule has 6 nitrogen and oxygen atoms in total. The van der Waals surface area contributed by atoms with Gasteiger partial charge in [0.15, 0.2) is 6.10 Å². The molecule has 0 radical (unpaired) electrons. The molecule has 134 valence electrons. The van der Waals surface area contributed by atoms with Crippen molar-refractivity contribution in [1.29, 1.82) is 0 Å². The topological polar surface area (TPSA) is 98.5 Å². The van der Waals surface area contributed by atoms with Crippen LogP contribution in [0.1, 0.15) is 18.9 Å². The minimum atomic E-state index is -4.10. The minimum Gasteiger partial charge on any atom is -0.396 e. The van der Waals surface area contributed by atoms with Crippen molar-refractivity contribution in [3.63, 3.8) is 0 Å². The van der Waals surface area contributed by atoms with Crippen molar-refractivity contribution < 1.29 is 21.8 Å². The van der Waals surface area contributed by atoms with E-state index >= 15 is 0 Å².